The minimum Gasteiger partial charge on any atom is -0.376 e. The van der Waals surface area contributed by atoms with E-state index < -0.39 is 0 Å². The van der Waals surface area contributed by atoms with Crippen LogP contribution < -0.4 is 10.6 Å². The minimum atomic E-state index is -0.140. The average molecular weight is 444 g/mol. The molecule has 176 valence electrons. The lowest BCUT2D eigenvalue weighted by Crippen LogP contribution is -2.44. The van der Waals surface area contributed by atoms with Crippen LogP contribution in [0.4, 0.5) is 10.5 Å². The summed E-state index contributed by atoms with van der Waals surface area (Å²) in [7, 11) is 0. The minimum absolute atomic E-state index is 0.0312. The molecule has 3 aliphatic rings. The Balaban J connectivity index is 1.37. The molecule has 1 aromatic carbocycles. The molecule has 2 heterocycles. The van der Waals surface area contributed by atoms with E-state index in [2.05, 4.69) is 10.6 Å². The van der Waals surface area contributed by atoms with Gasteiger partial charge >= 0.3 is 6.03 Å². The van der Waals surface area contributed by atoms with Crippen LogP contribution in [0.2, 0.25) is 0 Å². The summed E-state index contributed by atoms with van der Waals surface area (Å²) in [5.41, 5.74) is 2.25. The molecule has 0 unspecified atom stereocenters. The lowest BCUT2D eigenvalue weighted by atomic mass is 9.95. The van der Waals surface area contributed by atoms with E-state index in [-0.39, 0.29) is 30.2 Å². The van der Waals surface area contributed by atoms with E-state index in [4.69, 9.17) is 9.47 Å². The SMILES string of the molecule is Cc1cc(C(=O)NC2CCCCC2)ccc1NC(=O)N(C[C@@H]1CCCO1)C[C@@H]1CCCO1. The number of rotatable bonds is 7. The van der Waals surface area contributed by atoms with Gasteiger partial charge in [0.2, 0.25) is 0 Å². The molecular weight excluding hydrogens is 406 g/mol. The number of nitrogens with one attached hydrogen (secondary N) is 2. The number of anilines is 1. The molecule has 3 amide bonds. The Hall–Kier alpha value is -2.12. The summed E-state index contributed by atoms with van der Waals surface area (Å²) in [6, 6.07) is 5.63. The molecule has 2 saturated heterocycles. The van der Waals surface area contributed by atoms with E-state index in [1.165, 1.54) is 19.3 Å². The van der Waals surface area contributed by atoms with E-state index in [0.717, 1.165) is 63.0 Å². The van der Waals surface area contributed by atoms with E-state index in [1.807, 2.05) is 24.0 Å². The van der Waals surface area contributed by atoms with Gasteiger partial charge in [0.1, 0.15) is 0 Å². The number of carbonyl (C=O) groups excluding carboxylic acids is 2. The summed E-state index contributed by atoms with van der Waals surface area (Å²) in [6.07, 6.45) is 9.99. The summed E-state index contributed by atoms with van der Waals surface area (Å²) in [4.78, 5) is 27.6. The van der Waals surface area contributed by atoms with Gasteiger partial charge in [-0.15, -0.1) is 0 Å². The Morgan fingerprint density at radius 3 is 2.16 bits per heavy atom. The predicted molar refractivity (Wildman–Crippen MR) is 124 cm³/mol. The fraction of sp³-hybridized carbons (Fsp3) is 0.680. The molecule has 2 atom stereocenters. The van der Waals surface area contributed by atoms with Crippen molar-refractivity contribution >= 4 is 17.6 Å². The number of aryl methyl sites for hydroxylation is 1. The van der Waals surface area contributed by atoms with E-state index in [0.29, 0.717) is 18.7 Å². The maximum absolute atomic E-state index is 13.1. The second kappa shape index (κ2) is 11.1. The highest BCUT2D eigenvalue weighted by molar-refractivity contribution is 5.96. The normalized spacial score (nSPS) is 23.8. The molecule has 4 rings (SSSR count). The Morgan fingerprint density at radius 1 is 0.938 bits per heavy atom. The molecule has 32 heavy (non-hydrogen) atoms. The molecule has 0 bridgehead atoms. The third-order valence-corrected chi connectivity index (χ3v) is 6.85. The van der Waals surface area contributed by atoms with Crippen LogP contribution in [0.5, 0.6) is 0 Å². The van der Waals surface area contributed by atoms with Crippen molar-refractivity contribution in [1.82, 2.24) is 10.2 Å². The van der Waals surface area contributed by atoms with Gasteiger partial charge in [0.05, 0.1) is 12.2 Å². The quantitative estimate of drug-likeness (QED) is 0.660. The van der Waals surface area contributed by atoms with Gasteiger partial charge in [-0.05, 0) is 69.2 Å². The molecule has 2 aliphatic heterocycles. The van der Waals surface area contributed by atoms with Crippen LogP contribution in [0.1, 0.15) is 73.7 Å². The van der Waals surface area contributed by atoms with Gasteiger partial charge in [-0.1, -0.05) is 19.3 Å². The van der Waals surface area contributed by atoms with E-state index in [9.17, 15) is 9.59 Å². The Kier molecular flexibility index (Phi) is 8.03. The molecule has 1 aliphatic carbocycles. The molecule has 0 spiro atoms. The van der Waals surface area contributed by atoms with Gasteiger partial charge in [0.25, 0.3) is 5.91 Å². The van der Waals surface area contributed by atoms with Crippen LogP contribution in [0.15, 0.2) is 18.2 Å². The largest absolute Gasteiger partial charge is 0.376 e. The second-order valence-electron chi connectivity index (χ2n) is 9.44. The number of ether oxygens (including phenoxy) is 2. The molecule has 2 N–H and O–H groups in total. The van der Waals surface area contributed by atoms with Crippen LogP contribution in [0.25, 0.3) is 0 Å². The Morgan fingerprint density at radius 2 is 1.59 bits per heavy atom. The Labute approximate surface area is 191 Å². The molecule has 3 fully saturated rings. The zero-order valence-corrected chi connectivity index (χ0v) is 19.2. The van der Waals surface area contributed by atoms with E-state index >= 15 is 0 Å². The lowest BCUT2D eigenvalue weighted by Gasteiger charge is -2.28. The summed E-state index contributed by atoms with van der Waals surface area (Å²) in [5.74, 6) is -0.0312. The maximum Gasteiger partial charge on any atom is 0.322 e. The first-order chi connectivity index (χ1) is 15.6. The molecule has 7 nitrogen and oxygen atoms in total. The van der Waals surface area contributed by atoms with E-state index in [1.54, 1.807) is 6.07 Å². The monoisotopic (exact) mass is 443 g/mol. The van der Waals surface area contributed by atoms with Crippen LogP contribution in [0.3, 0.4) is 0 Å². The van der Waals surface area contributed by atoms with Crippen molar-refractivity contribution in [2.45, 2.75) is 83.0 Å². The van der Waals surface area contributed by atoms with Crippen molar-refractivity contribution < 1.29 is 19.1 Å². The Bertz CT molecular complexity index is 763. The van der Waals surface area contributed by atoms with Crippen molar-refractivity contribution in [3.8, 4) is 0 Å². The lowest BCUT2D eigenvalue weighted by molar-refractivity contribution is 0.0524. The highest BCUT2D eigenvalue weighted by Gasteiger charge is 2.27. The third kappa shape index (κ3) is 6.23. The highest BCUT2D eigenvalue weighted by atomic mass is 16.5. The molecular formula is C25H37N3O4. The smallest absolute Gasteiger partial charge is 0.322 e. The van der Waals surface area contributed by atoms with Gasteiger partial charge in [0.15, 0.2) is 0 Å². The average Bonchev–Trinajstić information content (AvgIpc) is 3.50. The number of amides is 3. The van der Waals surface area contributed by atoms with Crippen LogP contribution in [0, 0.1) is 6.92 Å². The molecule has 1 saturated carbocycles. The molecule has 7 heteroatoms. The van der Waals surface area contributed by atoms with Crippen molar-refractivity contribution in [3.05, 3.63) is 29.3 Å². The zero-order chi connectivity index (χ0) is 22.3. The first-order valence-corrected chi connectivity index (χ1v) is 12.3. The van der Waals surface area contributed by atoms with Gasteiger partial charge < -0.3 is 25.0 Å². The summed E-state index contributed by atoms with van der Waals surface area (Å²) in [6.45, 7) is 4.61. The zero-order valence-electron chi connectivity index (χ0n) is 19.2. The number of hydrogen-bond donors (Lipinski definition) is 2. The molecule has 0 radical (unpaired) electrons. The predicted octanol–water partition coefficient (Wildman–Crippen LogP) is 4.25. The summed E-state index contributed by atoms with van der Waals surface area (Å²) in [5, 5.41) is 6.21. The first-order valence-electron chi connectivity index (χ1n) is 12.3. The fourth-order valence-corrected chi connectivity index (χ4v) is 4.96. The number of urea groups is 1. The number of hydrogen-bond acceptors (Lipinski definition) is 4. The molecule has 1 aromatic rings. The maximum atomic E-state index is 13.1. The second-order valence-corrected chi connectivity index (χ2v) is 9.44. The van der Waals surface area contributed by atoms with Crippen LogP contribution >= 0.6 is 0 Å². The van der Waals surface area contributed by atoms with Crippen molar-refractivity contribution in [2.75, 3.05) is 31.6 Å². The number of carbonyl (C=O) groups is 2. The van der Waals surface area contributed by atoms with Gasteiger partial charge in [-0.2, -0.15) is 0 Å². The fourth-order valence-electron chi connectivity index (χ4n) is 4.96. The standard InChI is InChI=1S/C25H37N3O4/c1-18-15-19(24(29)26-20-7-3-2-4-8-20)11-12-23(18)27-25(30)28(16-21-9-5-13-31-21)17-22-10-6-14-32-22/h11-12,15,20-22H,2-10,13-14,16-17H2,1H3,(H,26,29)(H,27,30)/t21-,22-/m0/s1. The van der Waals surface area contributed by atoms with Crippen molar-refractivity contribution in [1.29, 1.82) is 0 Å². The first kappa shape index (κ1) is 23.1. The third-order valence-electron chi connectivity index (χ3n) is 6.85. The van der Waals surface area contributed by atoms with Crippen molar-refractivity contribution in [2.24, 2.45) is 0 Å². The summed E-state index contributed by atoms with van der Waals surface area (Å²) < 4.78 is 11.5. The van der Waals surface area contributed by atoms with Gasteiger partial charge in [-0.25, -0.2) is 4.79 Å². The van der Waals surface area contributed by atoms with Gasteiger partial charge in [-0.3, -0.25) is 4.79 Å². The topological polar surface area (TPSA) is 79.9 Å². The number of benzene rings is 1. The van der Waals surface area contributed by atoms with Gasteiger partial charge in [0, 0.05) is 43.6 Å². The van der Waals surface area contributed by atoms with Crippen LogP contribution in [-0.4, -0.2) is 61.4 Å². The van der Waals surface area contributed by atoms with Crippen LogP contribution in [-0.2, 0) is 9.47 Å². The van der Waals surface area contributed by atoms with Crippen molar-refractivity contribution in [3.63, 3.8) is 0 Å². The highest BCUT2D eigenvalue weighted by Crippen LogP contribution is 2.22. The summed E-state index contributed by atoms with van der Waals surface area (Å²) >= 11 is 0. The number of nitrogens with zero attached hydrogens (tertiary/aromatic N) is 1. The molecule has 0 aromatic heterocycles.